The van der Waals surface area contributed by atoms with Gasteiger partial charge in [0.2, 0.25) is 0 Å². The van der Waals surface area contributed by atoms with Gasteiger partial charge in [0.05, 0.1) is 7.05 Å². The van der Waals surface area contributed by atoms with E-state index in [-0.39, 0.29) is 29.3 Å². The van der Waals surface area contributed by atoms with Crippen LogP contribution in [0.25, 0.3) is 11.3 Å². The van der Waals surface area contributed by atoms with Gasteiger partial charge in [-0.25, -0.2) is 9.13 Å². The number of nitrogens with zero attached hydrogens (tertiary/aromatic N) is 2. The number of ketones is 1. The molecule has 0 saturated heterocycles. The Bertz CT molecular complexity index is 924. The molecular weight excluding hydrogens is 469 g/mol. The van der Waals surface area contributed by atoms with E-state index in [2.05, 4.69) is 15.9 Å². The molecule has 0 saturated carbocycles. The molecule has 0 atom stereocenters. The number of hydrogen-bond donors (Lipinski definition) is 1. The van der Waals surface area contributed by atoms with Gasteiger partial charge in [0.15, 0.2) is 5.78 Å². The van der Waals surface area contributed by atoms with Gasteiger partial charge in [-0.2, -0.15) is 0 Å². The first-order chi connectivity index (χ1) is 11.5. The molecule has 25 heavy (non-hydrogen) atoms. The smallest absolute Gasteiger partial charge is 0.355 e. The van der Waals surface area contributed by atoms with Crippen LogP contribution in [0.1, 0.15) is 10.4 Å². The number of aromatic nitrogens is 2. The van der Waals surface area contributed by atoms with Gasteiger partial charge in [-0.1, -0.05) is 51.8 Å². The number of Topliss-reactive ketones (excluding diaryl/α,β-unsaturated/α-hetero) is 1. The van der Waals surface area contributed by atoms with Crippen LogP contribution in [0, 0.1) is 0 Å². The molecular formula is C18H16Br2ClN3O. The third-order valence-corrected chi connectivity index (χ3v) is 4.59. The molecule has 2 aromatic carbocycles. The Balaban J connectivity index is 0.00000225. The van der Waals surface area contributed by atoms with E-state index in [1.54, 1.807) is 28.8 Å². The minimum Gasteiger partial charge on any atom is -1.00 e. The molecule has 0 bridgehead atoms. The molecule has 4 nitrogen and oxygen atoms in total. The number of carbonyl (C=O) groups is 1. The maximum atomic E-state index is 12.5. The zero-order valence-corrected chi connectivity index (χ0v) is 17.3. The SMILES string of the molecule is Cn1c(-c2cccc(Br)c2)c[n+](CC(=O)c2cccc(Cl)c2)c1N.[Br-]. The zero-order valence-electron chi connectivity index (χ0n) is 13.4. The van der Waals surface area contributed by atoms with Crippen molar-refractivity contribution in [3.63, 3.8) is 0 Å². The first-order valence-electron chi connectivity index (χ1n) is 7.35. The Morgan fingerprint density at radius 2 is 1.96 bits per heavy atom. The highest BCUT2D eigenvalue weighted by Gasteiger charge is 2.20. The van der Waals surface area contributed by atoms with Gasteiger partial charge in [-0.3, -0.25) is 10.5 Å². The summed E-state index contributed by atoms with van der Waals surface area (Å²) in [5, 5.41) is 0.543. The second-order valence-electron chi connectivity index (χ2n) is 5.50. The molecule has 0 amide bonds. The Labute approximate surface area is 170 Å². The average molecular weight is 486 g/mol. The third kappa shape index (κ3) is 4.32. The van der Waals surface area contributed by atoms with Crippen molar-refractivity contribution in [3.05, 3.63) is 69.8 Å². The summed E-state index contributed by atoms with van der Waals surface area (Å²) in [6, 6.07) is 14.9. The average Bonchev–Trinajstić information content (AvgIpc) is 2.83. The number of carbonyl (C=O) groups excluding carboxylic acids is 1. The van der Waals surface area contributed by atoms with Crippen LogP contribution in [-0.2, 0) is 13.6 Å². The lowest BCUT2D eigenvalue weighted by Crippen LogP contribution is -3.00. The predicted molar refractivity (Wildman–Crippen MR) is 98.9 cm³/mol. The van der Waals surface area contributed by atoms with Crippen LogP contribution >= 0.6 is 27.5 Å². The van der Waals surface area contributed by atoms with Crippen LogP contribution in [0.2, 0.25) is 5.02 Å². The topological polar surface area (TPSA) is 51.9 Å². The van der Waals surface area contributed by atoms with Crippen molar-refractivity contribution in [3.8, 4) is 11.3 Å². The van der Waals surface area contributed by atoms with Gasteiger partial charge in [-0.15, -0.1) is 0 Å². The largest absolute Gasteiger partial charge is 1.00 e. The molecule has 1 aromatic heterocycles. The summed E-state index contributed by atoms with van der Waals surface area (Å²) in [6.45, 7) is 0.161. The lowest BCUT2D eigenvalue weighted by molar-refractivity contribution is -0.667. The highest BCUT2D eigenvalue weighted by Crippen LogP contribution is 2.23. The summed E-state index contributed by atoms with van der Waals surface area (Å²) < 4.78 is 4.60. The standard InChI is InChI=1S/C18H15BrClN3O.BrH/c1-22-16(12-4-2-6-14(19)8-12)10-23(18(22)21)11-17(24)13-5-3-7-15(20)9-13;/h2-10,21H,11H2,1H3;1H. The summed E-state index contributed by atoms with van der Waals surface area (Å²) >= 11 is 9.43. The quantitative estimate of drug-likeness (QED) is 0.441. The fourth-order valence-electron chi connectivity index (χ4n) is 2.57. The van der Waals surface area contributed by atoms with Crippen LogP contribution in [0.15, 0.2) is 59.2 Å². The maximum absolute atomic E-state index is 12.5. The summed E-state index contributed by atoms with van der Waals surface area (Å²) in [5.41, 5.74) is 8.70. The molecule has 130 valence electrons. The molecule has 0 spiro atoms. The van der Waals surface area contributed by atoms with Crippen molar-refractivity contribution in [2.45, 2.75) is 6.54 Å². The number of halogens is 3. The molecule has 3 rings (SSSR count). The Kier molecular flexibility index (Phi) is 6.43. The highest BCUT2D eigenvalue weighted by molar-refractivity contribution is 9.10. The second kappa shape index (κ2) is 8.17. The van der Waals surface area contributed by atoms with Crippen molar-refractivity contribution in [2.75, 3.05) is 5.73 Å². The lowest BCUT2D eigenvalue weighted by atomic mass is 10.1. The van der Waals surface area contributed by atoms with E-state index in [1.165, 1.54) is 0 Å². The minimum atomic E-state index is -0.0411. The van der Waals surface area contributed by atoms with E-state index in [0.29, 0.717) is 16.5 Å². The molecule has 0 aliphatic rings. The van der Waals surface area contributed by atoms with Gasteiger partial charge in [0.25, 0.3) is 0 Å². The van der Waals surface area contributed by atoms with Crippen molar-refractivity contribution >= 4 is 39.3 Å². The molecule has 1 heterocycles. The number of nitrogens with two attached hydrogens (primary N) is 1. The first kappa shape index (κ1) is 19.7. The Hall–Kier alpha value is -1.63. The number of hydrogen-bond acceptors (Lipinski definition) is 2. The molecule has 0 radical (unpaired) electrons. The molecule has 2 N–H and O–H groups in total. The van der Waals surface area contributed by atoms with E-state index in [1.807, 2.05) is 42.1 Å². The van der Waals surface area contributed by atoms with Crippen molar-refractivity contribution in [1.82, 2.24) is 4.57 Å². The van der Waals surface area contributed by atoms with Crippen molar-refractivity contribution < 1.29 is 26.3 Å². The molecule has 3 aromatic rings. The van der Waals surface area contributed by atoms with E-state index in [9.17, 15) is 4.79 Å². The Morgan fingerprint density at radius 3 is 2.64 bits per heavy atom. The first-order valence-corrected chi connectivity index (χ1v) is 8.52. The van der Waals surface area contributed by atoms with E-state index < -0.39 is 0 Å². The third-order valence-electron chi connectivity index (χ3n) is 3.86. The van der Waals surface area contributed by atoms with Gasteiger partial charge < -0.3 is 17.0 Å². The second-order valence-corrected chi connectivity index (χ2v) is 6.86. The molecule has 0 aliphatic carbocycles. The molecule has 0 unspecified atom stereocenters. The van der Waals surface area contributed by atoms with E-state index in [0.717, 1.165) is 15.7 Å². The van der Waals surface area contributed by atoms with Gasteiger partial charge >= 0.3 is 5.95 Å². The van der Waals surface area contributed by atoms with Crippen LogP contribution < -0.4 is 27.3 Å². The summed E-state index contributed by atoms with van der Waals surface area (Å²) in [7, 11) is 1.88. The summed E-state index contributed by atoms with van der Waals surface area (Å²) in [5.74, 6) is 0.473. The summed E-state index contributed by atoms with van der Waals surface area (Å²) in [4.78, 5) is 12.5. The normalized spacial score (nSPS) is 10.4. The van der Waals surface area contributed by atoms with Crippen LogP contribution in [0.3, 0.4) is 0 Å². The Morgan fingerprint density at radius 1 is 1.24 bits per heavy atom. The maximum Gasteiger partial charge on any atom is 0.355 e. The number of benzene rings is 2. The number of nitrogen functional groups attached to an aromatic ring is 1. The zero-order chi connectivity index (χ0) is 17.3. The van der Waals surface area contributed by atoms with Gasteiger partial charge in [0.1, 0.15) is 18.4 Å². The summed E-state index contributed by atoms with van der Waals surface area (Å²) in [6.07, 6.45) is 1.89. The molecule has 7 heteroatoms. The van der Waals surface area contributed by atoms with Crippen LogP contribution in [0.5, 0.6) is 0 Å². The highest BCUT2D eigenvalue weighted by atomic mass is 79.9. The fourth-order valence-corrected chi connectivity index (χ4v) is 3.16. The van der Waals surface area contributed by atoms with Crippen molar-refractivity contribution in [1.29, 1.82) is 0 Å². The predicted octanol–water partition coefficient (Wildman–Crippen LogP) is 0.865. The number of anilines is 1. The van der Waals surface area contributed by atoms with Crippen LogP contribution in [0.4, 0.5) is 5.95 Å². The monoisotopic (exact) mass is 483 g/mol. The lowest BCUT2D eigenvalue weighted by Gasteiger charge is -2.01. The fraction of sp³-hybridized carbons (Fsp3) is 0.111. The van der Waals surface area contributed by atoms with E-state index >= 15 is 0 Å². The number of imidazole rings is 1. The van der Waals surface area contributed by atoms with Crippen LogP contribution in [-0.4, -0.2) is 10.4 Å². The molecule has 0 aliphatic heterocycles. The molecule has 0 fully saturated rings. The van der Waals surface area contributed by atoms with Crippen molar-refractivity contribution in [2.24, 2.45) is 7.05 Å². The van der Waals surface area contributed by atoms with Gasteiger partial charge in [0, 0.05) is 20.6 Å². The number of rotatable bonds is 4. The minimum absolute atomic E-state index is 0. The van der Waals surface area contributed by atoms with Gasteiger partial charge in [-0.05, 0) is 24.3 Å². The van der Waals surface area contributed by atoms with E-state index in [4.69, 9.17) is 17.3 Å².